The van der Waals surface area contributed by atoms with Gasteiger partial charge in [-0.25, -0.2) is 8.42 Å². The number of hydrogen-bond acceptors (Lipinski definition) is 10. The van der Waals surface area contributed by atoms with Crippen LogP contribution in [0.1, 0.15) is 12.8 Å². The van der Waals surface area contributed by atoms with E-state index in [0.29, 0.717) is 32.0 Å². The number of nitrogens with two attached hydrogens (primary N) is 1. The third-order valence-electron chi connectivity index (χ3n) is 5.14. The fourth-order valence-corrected chi connectivity index (χ4v) is 4.30. The minimum Gasteiger partial charge on any atom is -0.378 e. The number of sulfone groups is 1. The van der Waals surface area contributed by atoms with E-state index >= 15 is 0 Å². The molecule has 2 aromatic heterocycles. The van der Waals surface area contributed by atoms with Crippen LogP contribution >= 0.6 is 0 Å². The van der Waals surface area contributed by atoms with Crippen LogP contribution in [0.4, 0.5) is 23.1 Å². The quantitative estimate of drug-likeness (QED) is 0.328. The van der Waals surface area contributed by atoms with E-state index in [1.54, 1.807) is 0 Å². The van der Waals surface area contributed by atoms with Crippen LogP contribution in [0.25, 0.3) is 11.0 Å². The summed E-state index contributed by atoms with van der Waals surface area (Å²) in [4.78, 5) is 22.1. The van der Waals surface area contributed by atoms with E-state index in [1.807, 2.05) is 24.3 Å². The van der Waals surface area contributed by atoms with Crippen LogP contribution in [0.5, 0.6) is 0 Å². The summed E-state index contributed by atoms with van der Waals surface area (Å²) >= 11 is 0. The number of carbonyl (C=O) groups excluding carboxylic acids is 1. The predicted octanol–water partition coefficient (Wildman–Crippen LogP) is 1.01. The van der Waals surface area contributed by atoms with Crippen molar-refractivity contribution in [2.24, 2.45) is 5.73 Å². The number of hydrogen-bond donors (Lipinski definition) is 4. The molecule has 1 saturated heterocycles. The van der Waals surface area contributed by atoms with Gasteiger partial charge in [0.25, 0.3) is 0 Å². The molecule has 12 nitrogen and oxygen atoms in total. The van der Waals surface area contributed by atoms with E-state index in [1.165, 1.54) is 0 Å². The minimum atomic E-state index is -3.59. The minimum absolute atomic E-state index is 0.0729. The third kappa shape index (κ3) is 5.49. The number of primary amides is 1. The number of aromatic amines is 1. The van der Waals surface area contributed by atoms with Crippen LogP contribution in [0.2, 0.25) is 0 Å². The van der Waals surface area contributed by atoms with Gasteiger partial charge in [0.05, 0.1) is 13.2 Å². The first-order valence-corrected chi connectivity index (χ1v) is 12.4. The number of anilines is 4. The molecule has 5 N–H and O–H groups in total. The zero-order chi connectivity index (χ0) is 23.4. The Balaban J connectivity index is 1.59. The Morgan fingerprint density at radius 3 is 2.61 bits per heavy atom. The lowest BCUT2D eigenvalue weighted by Gasteiger charge is -2.28. The third-order valence-corrected chi connectivity index (χ3v) is 6.18. The van der Waals surface area contributed by atoms with E-state index in [-0.39, 0.29) is 28.4 Å². The predicted molar refractivity (Wildman–Crippen MR) is 124 cm³/mol. The summed E-state index contributed by atoms with van der Waals surface area (Å²) in [6.45, 7) is 3.49. The van der Waals surface area contributed by atoms with Gasteiger partial charge in [-0.3, -0.25) is 9.89 Å². The Morgan fingerprint density at radius 2 is 1.94 bits per heavy atom. The van der Waals surface area contributed by atoms with Crippen LogP contribution in [0.3, 0.4) is 0 Å². The highest BCUT2D eigenvalue weighted by atomic mass is 32.2. The van der Waals surface area contributed by atoms with Crippen LogP contribution in [-0.2, 0) is 19.4 Å². The number of carbonyl (C=O) groups is 1. The van der Waals surface area contributed by atoms with Crippen molar-refractivity contribution in [3.63, 3.8) is 0 Å². The molecule has 176 valence electrons. The molecule has 0 unspecified atom stereocenters. The average Bonchev–Trinajstić information content (AvgIpc) is 3.22. The Labute approximate surface area is 190 Å². The monoisotopic (exact) mass is 474 g/mol. The van der Waals surface area contributed by atoms with Crippen molar-refractivity contribution in [2.45, 2.75) is 17.9 Å². The Kier molecular flexibility index (Phi) is 6.60. The molecule has 1 fully saturated rings. The molecule has 0 spiro atoms. The molecule has 1 aliphatic rings. The number of rotatable bonds is 9. The van der Waals surface area contributed by atoms with Crippen LogP contribution in [-0.4, -0.2) is 73.6 Å². The normalized spacial score (nSPS) is 14.4. The van der Waals surface area contributed by atoms with Crippen molar-refractivity contribution < 1.29 is 17.9 Å². The molecule has 1 aromatic carbocycles. The molecule has 0 saturated carbocycles. The highest BCUT2D eigenvalue weighted by Crippen LogP contribution is 2.28. The molecule has 13 heteroatoms. The first kappa shape index (κ1) is 22.7. The molecule has 3 aromatic rings. The number of morpholine rings is 1. The maximum atomic E-state index is 12.2. The van der Waals surface area contributed by atoms with Gasteiger partial charge in [0.1, 0.15) is 11.2 Å². The molecule has 0 atom stereocenters. The molecular formula is C20H26N8O4S. The molecule has 4 rings (SSSR count). The van der Waals surface area contributed by atoms with Gasteiger partial charge in [-0.05, 0) is 30.7 Å². The van der Waals surface area contributed by atoms with Crippen molar-refractivity contribution in [3.8, 4) is 0 Å². The SMILES string of the molecule is CS(=O)(=O)c1[nH]nc2nc(Nc3ccc(N4CCOCC4)cc3)nc(NCCCC(N)=O)c12. The van der Waals surface area contributed by atoms with Gasteiger partial charge in [0.15, 0.2) is 20.5 Å². The first-order chi connectivity index (χ1) is 15.8. The molecule has 0 aliphatic carbocycles. The van der Waals surface area contributed by atoms with Gasteiger partial charge in [-0.2, -0.15) is 15.1 Å². The summed E-state index contributed by atoms with van der Waals surface area (Å²) in [5, 5.41) is 13.0. The van der Waals surface area contributed by atoms with Gasteiger partial charge in [0.2, 0.25) is 11.9 Å². The molecular weight excluding hydrogens is 448 g/mol. The topological polar surface area (TPSA) is 168 Å². The second kappa shape index (κ2) is 9.58. The van der Waals surface area contributed by atoms with Crippen LogP contribution < -0.4 is 21.3 Å². The zero-order valence-corrected chi connectivity index (χ0v) is 19.0. The van der Waals surface area contributed by atoms with E-state index in [9.17, 15) is 13.2 Å². The van der Waals surface area contributed by atoms with Crippen LogP contribution in [0.15, 0.2) is 29.3 Å². The molecule has 0 radical (unpaired) electrons. The second-order valence-corrected chi connectivity index (χ2v) is 9.64. The van der Waals surface area contributed by atoms with Gasteiger partial charge in [-0.1, -0.05) is 0 Å². The van der Waals surface area contributed by atoms with Crippen molar-refractivity contribution in [2.75, 3.05) is 54.6 Å². The lowest BCUT2D eigenvalue weighted by Crippen LogP contribution is -2.36. The molecule has 33 heavy (non-hydrogen) atoms. The smallest absolute Gasteiger partial charge is 0.231 e. The maximum absolute atomic E-state index is 12.2. The Bertz CT molecular complexity index is 1240. The number of fused-ring (bicyclic) bond motifs is 1. The summed E-state index contributed by atoms with van der Waals surface area (Å²) in [6.07, 6.45) is 1.75. The largest absolute Gasteiger partial charge is 0.378 e. The van der Waals surface area contributed by atoms with E-state index in [0.717, 1.165) is 30.7 Å². The van der Waals surface area contributed by atoms with Gasteiger partial charge in [0, 0.05) is 43.7 Å². The number of aromatic nitrogens is 4. The molecule has 0 bridgehead atoms. The summed E-state index contributed by atoms with van der Waals surface area (Å²) in [5.74, 6) is 0.143. The van der Waals surface area contributed by atoms with Crippen molar-refractivity contribution in [1.82, 2.24) is 20.2 Å². The van der Waals surface area contributed by atoms with Crippen LogP contribution in [0, 0.1) is 0 Å². The van der Waals surface area contributed by atoms with Gasteiger partial charge >= 0.3 is 0 Å². The zero-order valence-electron chi connectivity index (χ0n) is 18.2. The second-order valence-electron chi connectivity index (χ2n) is 7.69. The Morgan fingerprint density at radius 1 is 1.21 bits per heavy atom. The number of nitrogens with zero attached hydrogens (tertiary/aromatic N) is 4. The average molecular weight is 475 g/mol. The number of benzene rings is 1. The molecule has 1 aliphatic heterocycles. The fourth-order valence-electron chi connectivity index (χ4n) is 3.53. The number of amides is 1. The van der Waals surface area contributed by atoms with E-state index in [4.69, 9.17) is 10.5 Å². The lowest BCUT2D eigenvalue weighted by atomic mass is 10.2. The molecule has 3 heterocycles. The number of nitrogens with one attached hydrogen (secondary N) is 3. The van der Waals surface area contributed by atoms with E-state index < -0.39 is 15.7 Å². The lowest BCUT2D eigenvalue weighted by molar-refractivity contribution is -0.118. The van der Waals surface area contributed by atoms with Crippen molar-refractivity contribution >= 4 is 49.9 Å². The summed E-state index contributed by atoms with van der Waals surface area (Å²) in [7, 11) is -3.59. The summed E-state index contributed by atoms with van der Waals surface area (Å²) < 4.78 is 29.7. The van der Waals surface area contributed by atoms with E-state index in [2.05, 4.69) is 35.7 Å². The number of ether oxygens (including phenoxy) is 1. The van der Waals surface area contributed by atoms with Crippen molar-refractivity contribution in [1.29, 1.82) is 0 Å². The maximum Gasteiger partial charge on any atom is 0.231 e. The highest BCUT2D eigenvalue weighted by Gasteiger charge is 2.22. The Hall–Kier alpha value is -3.45. The van der Waals surface area contributed by atoms with Gasteiger partial charge < -0.3 is 26.0 Å². The van der Waals surface area contributed by atoms with Gasteiger partial charge in [-0.15, -0.1) is 0 Å². The highest BCUT2D eigenvalue weighted by molar-refractivity contribution is 7.90. The van der Waals surface area contributed by atoms with Crippen molar-refractivity contribution in [3.05, 3.63) is 24.3 Å². The number of H-pyrrole nitrogens is 1. The first-order valence-electron chi connectivity index (χ1n) is 10.5. The molecule has 1 amide bonds. The summed E-state index contributed by atoms with van der Waals surface area (Å²) in [5.41, 5.74) is 7.26. The standard InChI is InChI=1S/C20H26N8O4S/c1-33(30,31)19-16-17(22-8-2-3-15(21)29)24-20(25-18(16)26-27-19)23-13-4-6-14(7-5-13)28-9-11-32-12-10-28/h4-7H,2-3,8-12H2,1H3,(H2,21,29)(H3,22,23,24,25,26,27). The fraction of sp³-hybridized carbons (Fsp3) is 0.400. The summed E-state index contributed by atoms with van der Waals surface area (Å²) in [6, 6.07) is 7.85.